The molecule has 0 spiro atoms. The first-order valence-electron chi connectivity index (χ1n) is 7.41. The van der Waals surface area contributed by atoms with Crippen LogP contribution in [0.25, 0.3) is 0 Å². The molecule has 2 aromatic heterocycles. The third-order valence-electron chi connectivity index (χ3n) is 3.43. The topological polar surface area (TPSA) is 44.1 Å². The Morgan fingerprint density at radius 2 is 1.92 bits per heavy atom. The number of hydrogen-bond donors (Lipinski definition) is 0. The summed E-state index contributed by atoms with van der Waals surface area (Å²) in [5, 5.41) is 2.93. The molecule has 2 heterocycles. The molecule has 0 N–H and O–H groups in total. The van der Waals surface area contributed by atoms with Crippen molar-refractivity contribution in [2.75, 3.05) is 0 Å². The average molecular weight is 401 g/mol. The van der Waals surface area contributed by atoms with E-state index in [9.17, 15) is 18.0 Å². The summed E-state index contributed by atoms with van der Waals surface area (Å²) < 4.78 is 45.0. The van der Waals surface area contributed by atoms with Crippen molar-refractivity contribution < 1.29 is 17.9 Å². The smallest absolute Gasteiger partial charge is 0.421 e. The van der Waals surface area contributed by atoms with Crippen LogP contribution < -0.4 is 10.3 Å². The number of ether oxygens (including phenoxy) is 1. The molecule has 0 amide bonds. The van der Waals surface area contributed by atoms with E-state index >= 15 is 0 Å². The Morgan fingerprint density at radius 1 is 1.19 bits per heavy atom. The van der Waals surface area contributed by atoms with E-state index in [-0.39, 0.29) is 13.2 Å². The van der Waals surface area contributed by atoms with Crippen LogP contribution in [0.1, 0.15) is 16.3 Å². The third-order valence-corrected chi connectivity index (χ3v) is 4.56. The van der Waals surface area contributed by atoms with E-state index in [1.165, 1.54) is 23.6 Å². The van der Waals surface area contributed by atoms with E-state index in [1.54, 1.807) is 29.6 Å². The summed E-state index contributed by atoms with van der Waals surface area (Å²) in [7, 11) is 0. The second-order valence-electron chi connectivity index (χ2n) is 5.33. The van der Waals surface area contributed by atoms with Crippen LogP contribution in [0.5, 0.6) is 5.75 Å². The van der Waals surface area contributed by atoms with Gasteiger partial charge in [0.2, 0.25) is 0 Å². The van der Waals surface area contributed by atoms with Crippen LogP contribution in [0.2, 0.25) is 5.02 Å². The molecule has 0 saturated carbocycles. The number of nitrogens with zero attached hydrogens (tertiary/aromatic N) is 2. The Hall–Kier alpha value is -2.32. The van der Waals surface area contributed by atoms with Gasteiger partial charge >= 0.3 is 6.18 Å². The first-order chi connectivity index (χ1) is 12.3. The molecule has 0 unspecified atom stereocenters. The van der Waals surface area contributed by atoms with E-state index in [0.29, 0.717) is 21.5 Å². The number of hydrogen-bond acceptors (Lipinski definition) is 4. The molecule has 0 aliphatic carbocycles. The fourth-order valence-corrected chi connectivity index (χ4v) is 3.04. The zero-order valence-corrected chi connectivity index (χ0v) is 14.7. The molecule has 9 heteroatoms. The van der Waals surface area contributed by atoms with Crippen molar-refractivity contribution in [3.8, 4) is 5.75 Å². The van der Waals surface area contributed by atoms with Gasteiger partial charge < -0.3 is 9.30 Å². The molecular formula is C17H12ClF3N2O2S. The standard InChI is InChI=1S/C17H12ClF3N2O2S/c18-11-3-5-13(6-4-11)25-9-15-22-12(10-26-15)8-23-7-1-2-14(16(23)24)17(19,20)21/h1-7,10H,8-9H2. The molecule has 0 saturated heterocycles. The van der Waals surface area contributed by atoms with Crippen molar-refractivity contribution in [1.82, 2.24) is 9.55 Å². The highest BCUT2D eigenvalue weighted by molar-refractivity contribution is 7.09. The van der Waals surface area contributed by atoms with Crippen molar-refractivity contribution in [2.45, 2.75) is 19.3 Å². The Kier molecular flexibility index (Phi) is 5.33. The highest BCUT2D eigenvalue weighted by Crippen LogP contribution is 2.26. The Balaban J connectivity index is 1.69. The second-order valence-corrected chi connectivity index (χ2v) is 6.71. The lowest BCUT2D eigenvalue weighted by Gasteiger charge is -2.09. The predicted octanol–water partition coefficient (Wildman–Crippen LogP) is 4.60. The molecule has 3 rings (SSSR count). The molecule has 0 aliphatic heterocycles. The molecule has 3 aromatic rings. The van der Waals surface area contributed by atoms with Crippen LogP contribution in [0.4, 0.5) is 13.2 Å². The van der Waals surface area contributed by atoms with Crippen LogP contribution in [0, 0.1) is 0 Å². The molecule has 0 fully saturated rings. The van der Waals surface area contributed by atoms with E-state index < -0.39 is 17.3 Å². The molecule has 26 heavy (non-hydrogen) atoms. The Bertz CT molecular complexity index is 952. The van der Waals surface area contributed by atoms with Crippen LogP contribution in [-0.2, 0) is 19.3 Å². The monoisotopic (exact) mass is 400 g/mol. The lowest BCUT2D eigenvalue weighted by molar-refractivity contribution is -0.138. The number of halogens is 4. The van der Waals surface area contributed by atoms with Gasteiger partial charge in [0.25, 0.3) is 5.56 Å². The number of thiazole rings is 1. The van der Waals surface area contributed by atoms with Crippen LogP contribution in [0.3, 0.4) is 0 Å². The zero-order chi connectivity index (χ0) is 18.7. The maximum absolute atomic E-state index is 12.8. The Morgan fingerprint density at radius 3 is 2.62 bits per heavy atom. The first-order valence-corrected chi connectivity index (χ1v) is 8.67. The van der Waals surface area contributed by atoms with Crippen LogP contribution in [0.15, 0.2) is 52.8 Å². The number of alkyl halides is 3. The molecule has 0 radical (unpaired) electrons. The normalized spacial score (nSPS) is 11.5. The fraction of sp³-hybridized carbons (Fsp3) is 0.176. The van der Waals surface area contributed by atoms with E-state index in [2.05, 4.69) is 4.98 Å². The highest BCUT2D eigenvalue weighted by Gasteiger charge is 2.34. The maximum Gasteiger partial charge on any atom is 0.421 e. The van der Waals surface area contributed by atoms with Crippen molar-refractivity contribution in [2.24, 2.45) is 0 Å². The van der Waals surface area contributed by atoms with Crippen molar-refractivity contribution in [3.63, 3.8) is 0 Å². The van der Waals surface area contributed by atoms with Gasteiger partial charge in [0.15, 0.2) is 0 Å². The maximum atomic E-state index is 12.8. The minimum absolute atomic E-state index is 0.0415. The molecule has 136 valence electrons. The molecule has 0 bridgehead atoms. The summed E-state index contributed by atoms with van der Waals surface area (Å²) in [6.45, 7) is 0.171. The van der Waals surface area contributed by atoms with Gasteiger partial charge in [-0.3, -0.25) is 4.79 Å². The van der Waals surface area contributed by atoms with Gasteiger partial charge in [-0.2, -0.15) is 13.2 Å². The summed E-state index contributed by atoms with van der Waals surface area (Å²) in [6.07, 6.45) is -3.37. The largest absolute Gasteiger partial charge is 0.486 e. The summed E-state index contributed by atoms with van der Waals surface area (Å²) in [5.41, 5.74) is -1.79. The summed E-state index contributed by atoms with van der Waals surface area (Å²) in [5.74, 6) is 0.625. The van der Waals surface area contributed by atoms with Gasteiger partial charge in [0.05, 0.1) is 12.2 Å². The minimum atomic E-state index is -4.68. The lowest BCUT2D eigenvalue weighted by atomic mass is 10.2. The van der Waals surface area contributed by atoms with E-state index in [0.717, 1.165) is 10.6 Å². The van der Waals surface area contributed by atoms with Crippen LogP contribution in [-0.4, -0.2) is 9.55 Å². The van der Waals surface area contributed by atoms with Crippen molar-refractivity contribution >= 4 is 22.9 Å². The molecule has 0 atom stereocenters. The van der Waals surface area contributed by atoms with Crippen molar-refractivity contribution in [1.29, 1.82) is 0 Å². The van der Waals surface area contributed by atoms with Gasteiger partial charge in [0.1, 0.15) is 22.9 Å². The number of aromatic nitrogens is 2. The van der Waals surface area contributed by atoms with Gasteiger partial charge in [-0.1, -0.05) is 11.6 Å². The van der Waals surface area contributed by atoms with Crippen molar-refractivity contribution in [3.05, 3.63) is 79.6 Å². The van der Waals surface area contributed by atoms with Crippen LogP contribution >= 0.6 is 22.9 Å². The van der Waals surface area contributed by atoms with Gasteiger partial charge in [-0.25, -0.2) is 4.98 Å². The average Bonchev–Trinajstić information content (AvgIpc) is 3.03. The number of rotatable bonds is 5. The Labute approximate surface area is 155 Å². The lowest BCUT2D eigenvalue weighted by Crippen LogP contribution is -2.28. The highest BCUT2D eigenvalue weighted by atomic mass is 35.5. The molecule has 1 aromatic carbocycles. The number of pyridine rings is 1. The summed E-state index contributed by atoms with van der Waals surface area (Å²) in [6, 6.07) is 8.80. The zero-order valence-electron chi connectivity index (χ0n) is 13.2. The summed E-state index contributed by atoms with van der Waals surface area (Å²) in [4.78, 5) is 16.2. The van der Waals surface area contributed by atoms with Gasteiger partial charge in [-0.15, -0.1) is 11.3 Å². The quantitative estimate of drug-likeness (QED) is 0.628. The first kappa shape index (κ1) is 18.5. The predicted molar refractivity (Wildman–Crippen MR) is 92.7 cm³/mol. The fourth-order valence-electron chi connectivity index (χ4n) is 2.22. The van der Waals surface area contributed by atoms with E-state index in [4.69, 9.17) is 16.3 Å². The van der Waals surface area contributed by atoms with Gasteiger partial charge in [0, 0.05) is 16.6 Å². The SMILES string of the molecule is O=c1c(C(F)(F)F)cccn1Cc1csc(COc2ccc(Cl)cc2)n1. The molecule has 4 nitrogen and oxygen atoms in total. The molecular weight excluding hydrogens is 389 g/mol. The number of benzene rings is 1. The minimum Gasteiger partial charge on any atom is -0.486 e. The van der Waals surface area contributed by atoms with E-state index in [1.807, 2.05) is 0 Å². The summed E-state index contributed by atoms with van der Waals surface area (Å²) >= 11 is 7.10. The molecule has 0 aliphatic rings. The third kappa shape index (κ3) is 4.44. The second kappa shape index (κ2) is 7.51. The van der Waals surface area contributed by atoms with Gasteiger partial charge in [-0.05, 0) is 36.4 Å².